The Hall–Kier alpha value is -2.27. The number of nitrogen functional groups attached to an aromatic ring is 1. The van der Waals surface area contributed by atoms with E-state index < -0.39 is 11.8 Å². The Labute approximate surface area is 120 Å². The van der Waals surface area contributed by atoms with Crippen molar-refractivity contribution >= 4 is 34.6 Å². The minimum atomic E-state index is -0.617. The minimum absolute atomic E-state index is 0.0240. The second kappa shape index (κ2) is 5.79. The van der Waals surface area contributed by atoms with Crippen LogP contribution in [-0.4, -0.2) is 13.1 Å². The van der Waals surface area contributed by atoms with Gasteiger partial charge >= 0.3 is 5.97 Å². The third-order valence-corrected chi connectivity index (χ3v) is 3.01. The molecule has 0 aliphatic carbocycles. The molecule has 0 fully saturated rings. The van der Waals surface area contributed by atoms with Gasteiger partial charge in [-0.25, -0.2) is 9.18 Å². The van der Waals surface area contributed by atoms with Crippen LogP contribution < -0.4 is 11.1 Å². The number of para-hydroxylation sites is 1. The summed E-state index contributed by atoms with van der Waals surface area (Å²) in [4.78, 5) is 11.7. The Kier molecular flexibility index (Phi) is 4.10. The van der Waals surface area contributed by atoms with E-state index in [1.54, 1.807) is 18.2 Å². The molecule has 0 radical (unpaired) electrons. The van der Waals surface area contributed by atoms with Gasteiger partial charge in [-0.15, -0.1) is 0 Å². The normalized spacial score (nSPS) is 10.2. The van der Waals surface area contributed by atoms with E-state index in [0.29, 0.717) is 5.69 Å². The number of nitrogens with one attached hydrogen (secondary N) is 1. The number of benzene rings is 2. The van der Waals surface area contributed by atoms with E-state index in [4.69, 9.17) is 17.3 Å². The van der Waals surface area contributed by atoms with E-state index in [2.05, 4.69) is 10.1 Å². The van der Waals surface area contributed by atoms with Crippen molar-refractivity contribution in [2.75, 3.05) is 18.2 Å². The molecular weight excluding hydrogens is 283 g/mol. The van der Waals surface area contributed by atoms with Crippen LogP contribution in [-0.2, 0) is 4.74 Å². The average molecular weight is 295 g/mol. The van der Waals surface area contributed by atoms with Crippen LogP contribution in [0, 0.1) is 5.82 Å². The molecule has 0 aromatic heterocycles. The quantitative estimate of drug-likeness (QED) is 0.671. The molecule has 0 amide bonds. The Bertz CT molecular complexity index is 662. The molecule has 0 saturated carbocycles. The van der Waals surface area contributed by atoms with Gasteiger partial charge in [-0.05, 0) is 24.3 Å². The van der Waals surface area contributed by atoms with Crippen LogP contribution in [0.5, 0.6) is 0 Å². The van der Waals surface area contributed by atoms with Gasteiger partial charge in [-0.2, -0.15) is 0 Å². The van der Waals surface area contributed by atoms with Crippen LogP contribution in [0.15, 0.2) is 36.4 Å². The molecule has 0 bridgehead atoms. The van der Waals surface area contributed by atoms with E-state index >= 15 is 0 Å². The van der Waals surface area contributed by atoms with E-state index in [0.717, 1.165) is 0 Å². The SMILES string of the molecule is COC(=O)c1cccc(N)c1Nc1cccc(Cl)c1F. The molecule has 0 unspecified atom stereocenters. The van der Waals surface area contributed by atoms with Gasteiger partial charge in [-0.1, -0.05) is 23.7 Å². The number of halogens is 2. The lowest BCUT2D eigenvalue weighted by Crippen LogP contribution is -2.08. The minimum Gasteiger partial charge on any atom is -0.465 e. The van der Waals surface area contributed by atoms with Crippen LogP contribution in [0.1, 0.15) is 10.4 Å². The van der Waals surface area contributed by atoms with Crippen molar-refractivity contribution in [1.82, 2.24) is 0 Å². The van der Waals surface area contributed by atoms with E-state index in [1.807, 2.05) is 0 Å². The molecule has 0 aliphatic rings. The van der Waals surface area contributed by atoms with Gasteiger partial charge in [0.15, 0.2) is 5.82 Å². The molecule has 2 aromatic carbocycles. The Morgan fingerprint density at radius 3 is 2.70 bits per heavy atom. The van der Waals surface area contributed by atoms with Crippen molar-refractivity contribution in [2.45, 2.75) is 0 Å². The summed E-state index contributed by atoms with van der Waals surface area (Å²) in [6, 6.07) is 9.25. The van der Waals surface area contributed by atoms with Crippen LogP contribution in [0.25, 0.3) is 0 Å². The molecule has 0 spiro atoms. The highest BCUT2D eigenvalue weighted by atomic mass is 35.5. The van der Waals surface area contributed by atoms with Crippen molar-refractivity contribution < 1.29 is 13.9 Å². The summed E-state index contributed by atoms with van der Waals surface area (Å²) in [6.07, 6.45) is 0. The predicted octanol–water partition coefficient (Wildman–Crippen LogP) is 3.59. The molecule has 20 heavy (non-hydrogen) atoms. The number of rotatable bonds is 3. The van der Waals surface area contributed by atoms with Gasteiger partial charge in [0.25, 0.3) is 0 Å². The summed E-state index contributed by atoms with van der Waals surface area (Å²) in [5.41, 5.74) is 6.74. The third-order valence-electron chi connectivity index (χ3n) is 2.71. The molecule has 2 rings (SSSR count). The number of anilines is 3. The maximum absolute atomic E-state index is 13.9. The van der Waals surface area contributed by atoms with E-state index in [1.165, 1.54) is 25.3 Å². The second-order valence-electron chi connectivity index (χ2n) is 3.99. The predicted molar refractivity (Wildman–Crippen MR) is 76.9 cm³/mol. The topological polar surface area (TPSA) is 64.3 Å². The first-order valence-electron chi connectivity index (χ1n) is 5.72. The van der Waals surface area contributed by atoms with Crippen LogP contribution in [0.2, 0.25) is 5.02 Å². The van der Waals surface area contributed by atoms with Gasteiger partial charge in [0, 0.05) is 0 Å². The largest absolute Gasteiger partial charge is 0.465 e. The fourth-order valence-corrected chi connectivity index (χ4v) is 1.90. The summed E-state index contributed by atoms with van der Waals surface area (Å²) in [6.45, 7) is 0. The summed E-state index contributed by atoms with van der Waals surface area (Å²) < 4.78 is 18.6. The number of hydrogen-bond donors (Lipinski definition) is 2. The first-order valence-corrected chi connectivity index (χ1v) is 6.10. The summed E-state index contributed by atoms with van der Waals surface area (Å²) in [5, 5.41) is 2.76. The number of hydrogen-bond acceptors (Lipinski definition) is 4. The zero-order valence-electron chi connectivity index (χ0n) is 10.6. The number of methoxy groups -OCH3 is 1. The second-order valence-corrected chi connectivity index (χ2v) is 4.39. The Balaban J connectivity index is 2.48. The van der Waals surface area contributed by atoms with Crippen molar-refractivity contribution in [2.24, 2.45) is 0 Å². The number of esters is 1. The molecule has 104 valence electrons. The van der Waals surface area contributed by atoms with Gasteiger partial charge in [0.1, 0.15) is 0 Å². The zero-order valence-corrected chi connectivity index (χ0v) is 11.4. The van der Waals surface area contributed by atoms with Crippen molar-refractivity contribution in [3.63, 3.8) is 0 Å². The summed E-state index contributed by atoms with van der Waals surface area (Å²) in [5.74, 6) is -1.18. The highest BCUT2D eigenvalue weighted by Gasteiger charge is 2.16. The number of nitrogens with two attached hydrogens (primary N) is 1. The summed E-state index contributed by atoms with van der Waals surface area (Å²) >= 11 is 5.71. The molecule has 0 heterocycles. The van der Waals surface area contributed by atoms with Crippen molar-refractivity contribution in [3.05, 3.63) is 52.8 Å². The molecule has 2 aromatic rings. The van der Waals surface area contributed by atoms with Gasteiger partial charge < -0.3 is 15.8 Å². The molecule has 6 heteroatoms. The van der Waals surface area contributed by atoms with Gasteiger partial charge in [-0.3, -0.25) is 0 Å². The van der Waals surface area contributed by atoms with Crippen LogP contribution in [0.4, 0.5) is 21.5 Å². The molecule has 4 nitrogen and oxygen atoms in total. The fraction of sp³-hybridized carbons (Fsp3) is 0.0714. The highest BCUT2D eigenvalue weighted by Crippen LogP contribution is 2.31. The Morgan fingerprint density at radius 1 is 1.30 bits per heavy atom. The molecule has 3 N–H and O–H groups in total. The molecule has 0 aliphatic heterocycles. The van der Waals surface area contributed by atoms with E-state index in [9.17, 15) is 9.18 Å². The lowest BCUT2D eigenvalue weighted by Gasteiger charge is -2.14. The molecule has 0 atom stereocenters. The van der Waals surface area contributed by atoms with E-state index in [-0.39, 0.29) is 22.0 Å². The van der Waals surface area contributed by atoms with Crippen LogP contribution in [0.3, 0.4) is 0 Å². The third kappa shape index (κ3) is 2.67. The van der Waals surface area contributed by atoms with Gasteiger partial charge in [0.05, 0.1) is 34.8 Å². The zero-order chi connectivity index (χ0) is 14.7. The van der Waals surface area contributed by atoms with Crippen molar-refractivity contribution in [3.8, 4) is 0 Å². The maximum atomic E-state index is 13.9. The monoisotopic (exact) mass is 294 g/mol. The first kappa shape index (κ1) is 14.1. The van der Waals surface area contributed by atoms with Gasteiger partial charge in [0.2, 0.25) is 0 Å². The maximum Gasteiger partial charge on any atom is 0.340 e. The average Bonchev–Trinajstić information content (AvgIpc) is 2.45. The number of carbonyl (C=O) groups excluding carboxylic acids is 1. The molecular formula is C14H12ClFN2O2. The Morgan fingerprint density at radius 2 is 2.00 bits per heavy atom. The number of ether oxygens (including phenoxy) is 1. The fourth-order valence-electron chi connectivity index (χ4n) is 1.72. The first-order chi connectivity index (χ1) is 9.54. The number of carbonyl (C=O) groups is 1. The summed E-state index contributed by atoms with van der Waals surface area (Å²) in [7, 11) is 1.26. The molecule has 0 saturated heterocycles. The lowest BCUT2D eigenvalue weighted by atomic mass is 10.1. The lowest BCUT2D eigenvalue weighted by molar-refractivity contribution is 0.0602. The standard InChI is InChI=1S/C14H12ClFN2O2/c1-20-14(19)8-4-2-6-10(17)13(8)18-11-7-3-5-9(15)12(11)16/h2-7,18H,17H2,1H3. The van der Waals surface area contributed by atoms with Crippen molar-refractivity contribution in [1.29, 1.82) is 0 Å². The smallest absolute Gasteiger partial charge is 0.340 e. The van der Waals surface area contributed by atoms with Crippen LogP contribution >= 0.6 is 11.6 Å². The highest BCUT2D eigenvalue weighted by molar-refractivity contribution is 6.31.